The maximum atomic E-state index is 9.79. The summed E-state index contributed by atoms with van der Waals surface area (Å²) in [5.74, 6) is 0. The first-order chi connectivity index (χ1) is 4.13. The highest BCUT2D eigenvalue weighted by Gasteiger charge is 1.96. The number of hydrogen-bond acceptors (Lipinski definition) is 2. The molecule has 0 fully saturated rings. The van der Waals surface area contributed by atoms with Crippen molar-refractivity contribution < 1.29 is 15.0 Å². The monoisotopic (exact) mass is 133 g/mol. The molecule has 0 aromatic rings. The van der Waals surface area contributed by atoms with Crippen molar-refractivity contribution in [2.75, 3.05) is 6.54 Å². The summed E-state index contributed by atoms with van der Waals surface area (Å²) in [7, 11) is 0. The first-order valence-corrected chi connectivity index (χ1v) is 2.78. The Balaban J connectivity index is 3.01. The second kappa shape index (κ2) is 4.14. The average molecular weight is 133 g/mol. The Morgan fingerprint density at radius 1 is 1.78 bits per heavy atom. The van der Waals surface area contributed by atoms with Crippen LogP contribution in [0.15, 0.2) is 0 Å². The van der Waals surface area contributed by atoms with Crippen LogP contribution in [0.2, 0.25) is 0 Å². The number of amides is 1. The second-order valence-electron chi connectivity index (χ2n) is 1.87. The molecule has 1 amide bonds. The lowest BCUT2D eigenvalue weighted by atomic mass is 10.3. The van der Waals surface area contributed by atoms with Gasteiger partial charge in [0.25, 0.3) is 0 Å². The van der Waals surface area contributed by atoms with E-state index in [0.29, 0.717) is 13.0 Å². The normalized spacial score (nSPS) is 12.7. The number of hydrogen-bond donors (Lipinski definition) is 3. The highest BCUT2D eigenvalue weighted by atomic mass is 16.4. The zero-order chi connectivity index (χ0) is 7.28. The van der Waals surface area contributed by atoms with Crippen molar-refractivity contribution in [2.45, 2.75) is 19.4 Å². The summed E-state index contributed by atoms with van der Waals surface area (Å²) in [6.07, 6.45) is -1.01. The van der Waals surface area contributed by atoms with Gasteiger partial charge in [-0.2, -0.15) is 0 Å². The summed E-state index contributed by atoms with van der Waals surface area (Å²) in [4.78, 5) is 9.79. The first-order valence-electron chi connectivity index (χ1n) is 2.78. The Bertz CT molecular complexity index is 92.2. The first kappa shape index (κ1) is 8.23. The predicted octanol–water partition coefficient (Wildman–Crippen LogP) is 0.0249. The van der Waals surface area contributed by atoms with Gasteiger partial charge in [-0.05, 0) is 13.3 Å². The Morgan fingerprint density at radius 3 is 2.67 bits per heavy atom. The van der Waals surface area contributed by atoms with Crippen molar-refractivity contribution in [3.63, 3.8) is 0 Å². The molecule has 0 spiro atoms. The van der Waals surface area contributed by atoms with Crippen LogP contribution in [-0.4, -0.2) is 29.0 Å². The van der Waals surface area contributed by atoms with Gasteiger partial charge in [-0.3, -0.25) is 0 Å². The molecule has 0 heterocycles. The molecule has 0 aromatic carbocycles. The van der Waals surface area contributed by atoms with Gasteiger partial charge >= 0.3 is 6.09 Å². The number of carbonyl (C=O) groups is 1. The van der Waals surface area contributed by atoms with Crippen LogP contribution < -0.4 is 5.32 Å². The molecule has 0 saturated heterocycles. The lowest BCUT2D eigenvalue weighted by Crippen LogP contribution is -2.24. The highest BCUT2D eigenvalue weighted by Crippen LogP contribution is 1.84. The molecule has 0 aliphatic heterocycles. The van der Waals surface area contributed by atoms with Gasteiger partial charge in [0.2, 0.25) is 0 Å². The van der Waals surface area contributed by atoms with Gasteiger partial charge in [0, 0.05) is 6.54 Å². The van der Waals surface area contributed by atoms with E-state index >= 15 is 0 Å². The van der Waals surface area contributed by atoms with Crippen LogP contribution in [0.25, 0.3) is 0 Å². The number of rotatable bonds is 3. The third kappa shape index (κ3) is 7.23. The standard InChI is InChI=1S/C5H11NO3/c1-4(7)2-3-6-5(8)9/h4,6-7H,2-3H2,1H3,(H,8,9). The van der Waals surface area contributed by atoms with Gasteiger partial charge in [-0.1, -0.05) is 0 Å². The maximum absolute atomic E-state index is 9.79. The lowest BCUT2D eigenvalue weighted by Gasteiger charge is -2.01. The Labute approximate surface area is 53.5 Å². The number of carboxylic acid groups (broad SMARTS) is 1. The highest BCUT2D eigenvalue weighted by molar-refractivity contribution is 5.64. The summed E-state index contributed by atoms with van der Waals surface area (Å²) in [6.45, 7) is 1.93. The Hall–Kier alpha value is -0.770. The minimum atomic E-state index is -1.05. The number of aliphatic hydroxyl groups is 1. The molecule has 4 nitrogen and oxygen atoms in total. The lowest BCUT2D eigenvalue weighted by molar-refractivity contribution is 0.175. The molecule has 0 radical (unpaired) electrons. The zero-order valence-corrected chi connectivity index (χ0v) is 5.29. The quantitative estimate of drug-likeness (QED) is 0.508. The smallest absolute Gasteiger partial charge is 0.404 e. The van der Waals surface area contributed by atoms with Gasteiger partial charge in [0.15, 0.2) is 0 Å². The van der Waals surface area contributed by atoms with Crippen LogP contribution in [0.4, 0.5) is 4.79 Å². The summed E-state index contributed by atoms with van der Waals surface area (Å²) in [6, 6.07) is 0. The fraction of sp³-hybridized carbons (Fsp3) is 0.800. The van der Waals surface area contributed by atoms with Crippen LogP contribution >= 0.6 is 0 Å². The SMILES string of the molecule is CC(O)CCNC(=O)O. The molecular formula is C5H11NO3. The molecule has 0 rings (SSSR count). The largest absolute Gasteiger partial charge is 0.465 e. The van der Waals surface area contributed by atoms with Crippen molar-refractivity contribution in [2.24, 2.45) is 0 Å². The topological polar surface area (TPSA) is 69.6 Å². The zero-order valence-electron chi connectivity index (χ0n) is 5.29. The molecule has 1 atom stereocenters. The molecular weight excluding hydrogens is 122 g/mol. The summed E-state index contributed by atoms with van der Waals surface area (Å²) in [5, 5.41) is 18.8. The minimum Gasteiger partial charge on any atom is -0.465 e. The van der Waals surface area contributed by atoms with E-state index in [9.17, 15) is 4.79 Å². The van der Waals surface area contributed by atoms with Gasteiger partial charge in [-0.25, -0.2) is 4.79 Å². The van der Waals surface area contributed by atoms with Gasteiger partial charge in [0.05, 0.1) is 6.10 Å². The fourth-order valence-corrected chi connectivity index (χ4v) is 0.388. The van der Waals surface area contributed by atoms with E-state index in [4.69, 9.17) is 10.2 Å². The summed E-state index contributed by atoms with van der Waals surface area (Å²) >= 11 is 0. The Kier molecular flexibility index (Phi) is 3.79. The van der Waals surface area contributed by atoms with E-state index in [2.05, 4.69) is 5.32 Å². The second-order valence-corrected chi connectivity index (χ2v) is 1.87. The van der Waals surface area contributed by atoms with Crippen molar-refractivity contribution in [1.29, 1.82) is 0 Å². The molecule has 0 bridgehead atoms. The van der Waals surface area contributed by atoms with Crippen molar-refractivity contribution in [1.82, 2.24) is 5.32 Å². The summed E-state index contributed by atoms with van der Waals surface area (Å²) in [5.41, 5.74) is 0. The molecule has 54 valence electrons. The van der Waals surface area contributed by atoms with Gasteiger partial charge in [0.1, 0.15) is 0 Å². The number of aliphatic hydroxyl groups excluding tert-OH is 1. The van der Waals surface area contributed by atoms with E-state index in [1.807, 2.05) is 0 Å². The molecule has 0 aliphatic carbocycles. The van der Waals surface area contributed by atoms with Crippen molar-refractivity contribution in [3.8, 4) is 0 Å². The minimum absolute atomic E-state index is 0.312. The van der Waals surface area contributed by atoms with Crippen LogP contribution in [-0.2, 0) is 0 Å². The van der Waals surface area contributed by atoms with Gasteiger partial charge in [-0.15, -0.1) is 0 Å². The third-order valence-corrected chi connectivity index (χ3v) is 0.838. The predicted molar refractivity (Wildman–Crippen MR) is 32.3 cm³/mol. The molecule has 4 heteroatoms. The molecule has 0 aliphatic rings. The molecule has 3 N–H and O–H groups in total. The van der Waals surface area contributed by atoms with Gasteiger partial charge < -0.3 is 15.5 Å². The third-order valence-electron chi connectivity index (χ3n) is 0.838. The van der Waals surface area contributed by atoms with Crippen LogP contribution in [0.1, 0.15) is 13.3 Å². The number of nitrogens with one attached hydrogen (secondary N) is 1. The van der Waals surface area contributed by atoms with E-state index in [1.165, 1.54) is 0 Å². The van der Waals surface area contributed by atoms with E-state index in [0.717, 1.165) is 0 Å². The molecule has 0 aromatic heterocycles. The maximum Gasteiger partial charge on any atom is 0.404 e. The van der Waals surface area contributed by atoms with E-state index in [1.54, 1.807) is 6.92 Å². The van der Waals surface area contributed by atoms with Crippen LogP contribution in [0.3, 0.4) is 0 Å². The van der Waals surface area contributed by atoms with Crippen LogP contribution in [0, 0.1) is 0 Å². The van der Waals surface area contributed by atoms with E-state index < -0.39 is 12.2 Å². The molecule has 1 unspecified atom stereocenters. The van der Waals surface area contributed by atoms with Crippen LogP contribution in [0.5, 0.6) is 0 Å². The Morgan fingerprint density at radius 2 is 2.33 bits per heavy atom. The molecule has 9 heavy (non-hydrogen) atoms. The molecule has 0 saturated carbocycles. The average Bonchev–Trinajstić information content (AvgIpc) is 1.63. The van der Waals surface area contributed by atoms with Crippen molar-refractivity contribution >= 4 is 6.09 Å². The van der Waals surface area contributed by atoms with E-state index in [-0.39, 0.29) is 0 Å². The van der Waals surface area contributed by atoms with Crippen molar-refractivity contribution in [3.05, 3.63) is 0 Å². The fourth-order valence-electron chi connectivity index (χ4n) is 0.388. The summed E-state index contributed by atoms with van der Waals surface area (Å²) < 4.78 is 0.